The van der Waals surface area contributed by atoms with Gasteiger partial charge in [0.2, 0.25) is 0 Å². The number of benzene rings is 3. The number of aliphatic hydroxyl groups is 1. The van der Waals surface area contributed by atoms with E-state index >= 15 is 0 Å². The highest BCUT2D eigenvalue weighted by atomic mass is 35.5. The minimum atomic E-state index is -0.842. The molecule has 1 fully saturated rings. The van der Waals surface area contributed by atoms with E-state index in [-0.39, 0.29) is 11.3 Å². The number of nitrogens with zero attached hydrogens (tertiary/aromatic N) is 1. The maximum Gasteiger partial charge on any atom is 0.300 e. The van der Waals surface area contributed by atoms with E-state index in [0.717, 1.165) is 5.56 Å². The molecule has 6 nitrogen and oxygen atoms in total. The lowest BCUT2D eigenvalue weighted by Crippen LogP contribution is -2.29. The van der Waals surface area contributed by atoms with Crippen molar-refractivity contribution in [3.05, 3.63) is 93.5 Å². The van der Waals surface area contributed by atoms with Crippen molar-refractivity contribution in [2.24, 2.45) is 0 Å². The molecule has 1 aliphatic rings. The van der Waals surface area contributed by atoms with Gasteiger partial charge in [-0.1, -0.05) is 41.4 Å². The number of ketones is 1. The Hall–Kier alpha value is -3.77. The van der Waals surface area contributed by atoms with Gasteiger partial charge >= 0.3 is 0 Å². The summed E-state index contributed by atoms with van der Waals surface area (Å²) >= 11 is 6.33. The zero-order valence-electron chi connectivity index (χ0n) is 19.3. The fraction of sp³-hybridized carbons (Fsp3) is 0.185. The summed E-state index contributed by atoms with van der Waals surface area (Å²) in [6, 6.07) is 16.7. The van der Waals surface area contributed by atoms with Crippen LogP contribution in [-0.2, 0) is 9.59 Å². The van der Waals surface area contributed by atoms with Crippen molar-refractivity contribution < 1.29 is 24.2 Å². The third-order valence-corrected chi connectivity index (χ3v) is 6.20. The molecule has 4 rings (SSSR count). The van der Waals surface area contributed by atoms with Gasteiger partial charge in [-0.15, -0.1) is 0 Å². The van der Waals surface area contributed by atoms with Gasteiger partial charge in [0.25, 0.3) is 11.7 Å². The molecule has 3 aromatic rings. The van der Waals surface area contributed by atoms with Gasteiger partial charge in [0.05, 0.1) is 30.9 Å². The van der Waals surface area contributed by atoms with Crippen LogP contribution in [0.15, 0.2) is 66.2 Å². The van der Waals surface area contributed by atoms with Gasteiger partial charge in [-0.2, -0.15) is 0 Å². The summed E-state index contributed by atoms with van der Waals surface area (Å²) in [6.07, 6.45) is 0. The topological polar surface area (TPSA) is 76.1 Å². The van der Waals surface area contributed by atoms with Gasteiger partial charge in [0, 0.05) is 11.3 Å². The molecule has 0 spiro atoms. The van der Waals surface area contributed by atoms with Gasteiger partial charge < -0.3 is 14.6 Å². The number of carbonyl (C=O) groups is 2. The summed E-state index contributed by atoms with van der Waals surface area (Å²) in [5.74, 6) is -0.695. The number of anilines is 1. The predicted molar refractivity (Wildman–Crippen MR) is 132 cm³/mol. The van der Waals surface area contributed by atoms with E-state index < -0.39 is 17.7 Å². The number of Topliss-reactive ketones (excluding diaryl/α,β-unsaturated/α-hetero) is 1. The van der Waals surface area contributed by atoms with Gasteiger partial charge in [0.15, 0.2) is 0 Å². The highest BCUT2D eigenvalue weighted by molar-refractivity contribution is 6.52. The van der Waals surface area contributed by atoms with Crippen molar-refractivity contribution in [3.8, 4) is 11.5 Å². The summed E-state index contributed by atoms with van der Waals surface area (Å²) in [6.45, 7) is 3.73. The first-order valence-electron chi connectivity index (χ1n) is 10.6. The van der Waals surface area contributed by atoms with E-state index in [1.807, 2.05) is 31.2 Å². The number of carbonyl (C=O) groups excluding carboxylic acids is 2. The number of aryl methyl sites for hydroxylation is 2. The highest BCUT2D eigenvalue weighted by Crippen LogP contribution is 2.44. The van der Waals surface area contributed by atoms with E-state index in [1.165, 1.54) is 12.0 Å². The Labute approximate surface area is 203 Å². The number of aliphatic hydroxyl groups excluding tert-OH is 1. The van der Waals surface area contributed by atoms with Gasteiger partial charge in [-0.3, -0.25) is 14.5 Å². The van der Waals surface area contributed by atoms with Crippen LogP contribution in [0.2, 0.25) is 5.02 Å². The largest absolute Gasteiger partial charge is 0.507 e. The molecule has 0 saturated carbocycles. The van der Waals surface area contributed by atoms with E-state index in [9.17, 15) is 14.7 Å². The molecule has 1 aliphatic heterocycles. The summed E-state index contributed by atoms with van der Waals surface area (Å²) in [7, 11) is 3.05. The molecular weight excluding hydrogens is 454 g/mol. The van der Waals surface area contributed by atoms with E-state index in [4.69, 9.17) is 21.1 Å². The van der Waals surface area contributed by atoms with E-state index in [1.54, 1.807) is 50.4 Å². The average molecular weight is 478 g/mol. The van der Waals surface area contributed by atoms with Crippen molar-refractivity contribution in [1.82, 2.24) is 0 Å². The molecule has 1 N–H and O–H groups in total. The van der Waals surface area contributed by atoms with Crippen LogP contribution in [0.1, 0.15) is 28.3 Å². The Morgan fingerprint density at radius 3 is 2.35 bits per heavy atom. The molecular formula is C27H24ClNO5. The monoisotopic (exact) mass is 477 g/mol. The second-order valence-electron chi connectivity index (χ2n) is 8.08. The van der Waals surface area contributed by atoms with E-state index in [2.05, 4.69) is 0 Å². The molecule has 0 bridgehead atoms. The number of ether oxygens (including phenoxy) is 2. The number of rotatable bonds is 5. The lowest BCUT2D eigenvalue weighted by atomic mass is 9.93. The first kappa shape index (κ1) is 23.4. The van der Waals surface area contributed by atoms with Gasteiger partial charge in [0.1, 0.15) is 17.3 Å². The molecule has 34 heavy (non-hydrogen) atoms. The molecule has 174 valence electrons. The Morgan fingerprint density at radius 1 is 0.971 bits per heavy atom. The standard InChI is InChI=1S/C27H24ClNO5/c1-15-6-5-7-17(12-15)24-23(25(30)20-10-9-19(33-3)13-16(20)2)26(31)27(32)29(24)18-8-11-22(34-4)21(28)14-18/h5-14,24,30H,1-4H3/b25-23+. The smallest absolute Gasteiger partial charge is 0.300 e. The molecule has 0 aromatic heterocycles. The SMILES string of the molecule is COc1ccc(/C(O)=C2\C(=O)C(=O)N(c3ccc(OC)c(Cl)c3)C2c2cccc(C)c2)c(C)c1. The molecule has 0 radical (unpaired) electrons. The van der Waals surface area contributed by atoms with E-state index in [0.29, 0.717) is 38.9 Å². The Bertz CT molecular complexity index is 1330. The Morgan fingerprint density at radius 2 is 1.74 bits per heavy atom. The summed E-state index contributed by atoms with van der Waals surface area (Å²) < 4.78 is 10.5. The van der Waals surface area contributed by atoms with Crippen LogP contribution in [0.3, 0.4) is 0 Å². The maximum absolute atomic E-state index is 13.3. The first-order valence-corrected chi connectivity index (χ1v) is 11.0. The van der Waals surface area contributed by atoms with Crippen LogP contribution >= 0.6 is 11.6 Å². The third kappa shape index (κ3) is 4.01. The van der Waals surface area contributed by atoms with Crippen molar-refractivity contribution >= 4 is 34.7 Å². The molecule has 1 saturated heterocycles. The van der Waals surface area contributed by atoms with Crippen LogP contribution in [0, 0.1) is 13.8 Å². The fourth-order valence-corrected chi connectivity index (χ4v) is 4.49. The minimum Gasteiger partial charge on any atom is -0.507 e. The number of hydrogen-bond acceptors (Lipinski definition) is 5. The van der Waals surface area contributed by atoms with Crippen molar-refractivity contribution in [2.45, 2.75) is 19.9 Å². The molecule has 7 heteroatoms. The van der Waals surface area contributed by atoms with Crippen molar-refractivity contribution in [2.75, 3.05) is 19.1 Å². The maximum atomic E-state index is 13.3. The molecule has 1 heterocycles. The third-order valence-electron chi connectivity index (χ3n) is 5.90. The lowest BCUT2D eigenvalue weighted by molar-refractivity contribution is -0.132. The molecule has 3 aromatic carbocycles. The molecule has 1 amide bonds. The molecule has 1 atom stereocenters. The van der Waals surface area contributed by atoms with Crippen molar-refractivity contribution in [1.29, 1.82) is 0 Å². The number of halogens is 1. The second kappa shape index (κ2) is 9.23. The zero-order valence-corrected chi connectivity index (χ0v) is 20.0. The van der Waals surface area contributed by atoms with Crippen LogP contribution in [0.25, 0.3) is 5.76 Å². The Kier molecular flexibility index (Phi) is 6.35. The van der Waals surface area contributed by atoms with Crippen LogP contribution in [-0.4, -0.2) is 31.0 Å². The average Bonchev–Trinajstić information content (AvgIpc) is 3.09. The summed E-state index contributed by atoms with van der Waals surface area (Å²) in [4.78, 5) is 28.0. The molecule has 0 aliphatic carbocycles. The van der Waals surface area contributed by atoms with Gasteiger partial charge in [-0.05, 0) is 61.4 Å². The normalized spacial score (nSPS) is 17.2. The number of amides is 1. The summed E-state index contributed by atoms with van der Waals surface area (Å²) in [5, 5.41) is 11.7. The van der Waals surface area contributed by atoms with Crippen molar-refractivity contribution in [3.63, 3.8) is 0 Å². The molecule has 1 unspecified atom stereocenters. The number of methoxy groups -OCH3 is 2. The van der Waals surface area contributed by atoms with Crippen LogP contribution in [0.4, 0.5) is 5.69 Å². The lowest BCUT2D eigenvalue weighted by Gasteiger charge is -2.26. The van der Waals surface area contributed by atoms with Crippen LogP contribution in [0.5, 0.6) is 11.5 Å². The van der Waals surface area contributed by atoms with Gasteiger partial charge in [-0.25, -0.2) is 0 Å². The zero-order chi connectivity index (χ0) is 24.6. The summed E-state index contributed by atoms with van der Waals surface area (Å²) in [5.41, 5.74) is 3.24. The fourth-order valence-electron chi connectivity index (χ4n) is 4.23. The Balaban J connectivity index is 1.96. The predicted octanol–water partition coefficient (Wildman–Crippen LogP) is 5.60. The first-order chi connectivity index (χ1) is 16.3. The minimum absolute atomic E-state index is 0.0100. The quantitative estimate of drug-likeness (QED) is 0.294. The number of hydrogen-bond donors (Lipinski definition) is 1. The highest BCUT2D eigenvalue weighted by Gasteiger charge is 2.47. The second-order valence-corrected chi connectivity index (χ2v) is 8.49. The van der Waals surface area contributed by atoms with Crippen LogP contribution < -0.4 is 14.4 Å².